The van der Waals surface area contributed by atoms with Gasteiger partial charge in [-0.25, -0.2) is 4.79 Å². The van der Waals surface area contributed by atoms with Crippen LogP contribution in [-0.2, 0) is 4.84 Å². The van der Waals surface area contributed by atoms with E-state index < -0.39 is 6.09 Å². The van der Waals surface area contributed by atoms with Crippen molar-refractivity contribution in [3.63, 3.8) is 0 Å². The van der Waals surface area contributed by atoms with Crippen LogP contribution in [0, 0.1) is 5.92 Å². The van der Waals surface area contributed by atoms with Gasteiger partial charge in [-0.3, -0.25) is 0 Å². The van der Waals surface area contributed by atoms with E-state index in [4.69, 9.17) is 5.11 Å². The third-order valence-corrected chi connectivity index (χ3v) is 2.18. The predicted molar refractivity (Wildman–Crippen MR) is 47.8 cm³/mol. The number of oxime groups is 1. The van der Waals surface area contributed by atoms with Crippen molar-refractivity contribution in [2.75, 3.05) is 20.2 Å². The lowest BCUT2D eigenvalue weighted by atomic mass is 9.98. The van der Waals surface area contributed by atoms with Crippen molar-refractivity contribution < 1.29 is 14.7 Å². The fourth-order valence-corrected chi connectivity index (χ4v) is 1.45. The highest BCUT2D eigenvalue weighted by atomic mass is 16.6. The number of rotatable bonds is 1. The first-order chi connectivity index (χ1) is 6.15. The average molecular weight is 186 g/mol. The molecule has 1 heterocycles. The lowest BCUT2D eigenvalue weighted by molar-refractivity contribution is 0.137. The van der Waals surface area contributed by atoms with Crippen LogP contribution in [-0.4, -0.2) is 42.0 Å². The maximum absolute atomic E-state index is 10.6. The maximum Gasteiger partial charge on any atom is 0.407 e. The van der Waals surface area contributed by atoms with Crippen molar-refractivity contribution in [1.29, 1.82) is 0 Å². The number of hydrogen-bond acceptors (Lipinski definition) is 3. The monoisotopic (exact) mass is 186 g/mol. The molecule has 1 atom stereocenters. The summed E-state index contributed by atoms with van der Waals surface area (Å²) in [7, 11) is 1.50. The molecule has 1 aliphatic rings. The largest absolute Gasteiger partial charge is 0.465 e. The normalized spacial score (nSPS) is 26.2. The SMILES string of the molecule is CO/N=C1\CCN(C(=O)O)CC1C. The van der Waals surface area contributed by atoms with Gasteiger partial charge in [0.15, 0.2) is 0 Å². The van der Waals surface area contributed by atoms with E-state index in [0.717, 1.165) is 5.71 Å². The zero-order chi connectivity index (χ0) is 9.84. The summed E-state index contributed by atoms with van der Waals surface area (Å²) in [5, 5.41) is 12.6. The van der Waals surface area contributed by atoms with Gasteiger partial charge in [0.2, 0.25) is 0 Å². The van der Waals surface area contributed by atoms with Crippen LogP contribution in [0.25, 0.3) is 0 Å². The molecule has 1 unspecified atom stereocenters. The van der Waals surface area contributed by atoms with Crippen molar-refractivity contribution in [3.05, 3.63) is 0 Å². The molecule has 0 aromatic carbocycles. The van der Waals surface area contributed by atoms with E-state index in [0.29, 0.717) is 19.5 Å². The molecule has 1 rings (SSSR count). The standard InChI is InChI=1S/C8H14N2O3/c1-6-5-10(8(11)12)4-3-7(6)9-13-2/h6H,3-5H2,1-2H3,(H,11,12)/b9-7+. The quantitative estimate of drug-likeness (QED) is 0.621. The van der Waals surface area contributed by atoms with Crippen LogP contribution < -0.4 is 0 Å². The van der Waals surface area contributed by atoms with Gasteiger partial charge in [0.1, 0.15) is 7.11 Å². The summed E-state index contributed by atoms with van der Waals surface area (Å²) in [5.41, 5.74) is 0.944. The highest BCUT2D eigenvalue weighted by molar-refractivity contribution is 5.88. The van der Waals surface area contributed by atoms with Crippen molar-refractivity contribution >= 4 is 11.8 Å². The molecule has 1 aliphatic heterocycles. The van der Waals surface area contributed by atoms with Gasteiger partial charge < -0.3 is 14.8 Å². The Balaban J connectivity index is 2.56. The number of piperidine rings is 1. The minimum absolute atomic E-state index is 0.157. The fourth-order valence-electron chi connectivity index (χ4n) is 1.45. The minimum atomic E-state index is -0.858. The average Bonchev–Trinajstić information content (AvgIpc) is 2.08. The van der Waals surface area contributed by atoms with Crippen LogP contribution in [0.2, 0.25) is 0 Å². The molecule has 74 valence electrons. The van der Waals surface area contributed by atoms with Crippen LogP contribution in [0.4, 0.5) is 4.79 Å². The minimum Gasteiger partial charge on any atom is -0.465 e. The Morgan fingerprint density at radius 2 is 2.46 bits per heavy atom. The molecule has 5 heteroatoms. The van der Waals surface area contributed by atoms with Crippen molar-refractivity contribution in [3.8, 4) is 0 Å². The fraction of sp³-hybridized carbons (Fsp3) is 0.750. The molecule has 1 N–H and O–H groups in total. The first-order valence-electron chi connectivity index (χ1n) is 4.23. The molecule has 0 aliphatic carbocycles. The van der Waals surface area contributed by atoms with Gasteiger partial charge in [-0.1, -0.05) is 12.1 Å². The summed E-state index contributed by atoms with van der Waals surface area (Å²) in [6, 6.07) is 0. The number of likely N-dealkylation sites (tertiary alicyclic amines) is 1. The molecule has 0 saturated carbocycles. The maximum atomic E-state index is 10.6. The van der Waals surface area contributed by atoms with E-state index in [1.165, 1.54) is 12.0 Å². The van der Waals surface area contributed by atoms with Gasteiger partial charge >= 0.3 is 6.09 Å². The Morgan fingerprint density at radius 3 is 2.92 bits per heavy atom. The van der Waals surface area contributed by atoms with Crippen molar-refractivity contribution in [2.45, 2.75) is 13.3 Å². The molecule has 0 radical (unpaired) electrons. The zero-order valence-electron chi connectivity index (χ0n) is 7.86. The van der Waals surface area contributed by atoms with Crippen molar-refractivity contribution in [2.24, 2.45) is 11.1 Å². The highest BCUT2D eigenvalue weighted by Gasteiger charge is 2.25. The summed E-state index contributed by atoms with van der Waals surface area (Å²) in [6.07, 6.45) is -0.190. The molecule has 1 fully saturated rings. The van der Waals surface area contributed by atoms with Crippen molar-refractivity contribution in [1.82, 2.24) is 4.90 Å². The third-order valence-electron chi connectivity index (χ3n) is 2.18. The van der Waals surface area contributed by atoms with Gasteiger partial charge in [0, 0.05) is 25.4 Å². The first-order valence-corrected chi connectivity index (χ1v) is 4.23. The van der Waals surface area contributed by atoms with E-state index in [1.807, 2.05) is 6.92 Å². The van der Waals surface area contributed by atoms with E-state index in [1.54, 1.807) is 0 Å². The van der Waals surface area contributed by atoms with Crippen LogP contribution in [0.1, 0.15) is 13.3 Å². The second-order valence-corrected chi connectivity index (χ2v) is 3.14. The molecule has 0 spiro atoms. The summed E-state index contributed by atoms with van der Waals surface area (Å²) >= 11 is 0. The van der Waals surface area contributed by atoms with E-state index in [9.17, 15) is 4.79 Å². The molecule has 1 amide bonds. The molecular formula is C8H14N2O3. The lowest BCUT2D eigenvalue weighted by Crippen LogP contribution is -2.42. The molecule has 0 aromatic heterocycles. The lowest BCUT2D eigenvalue weighted by Gasteiger charge is -2.29. The number of carbonyl (C=O) groups is 1. The molecule has 5 nitrogen and oxygen atoms in total. The van der Waals surface area contributed by atoms with Gasteiger partial charge in [-0.2, -0.15) is 0 Å². The molecule has 13 heavy (non-hydrogen) atoms. The van der Waals surface area contributed by atoms with E-state index in [-0.39, 0.29) is 5.92 Å². The number of nitrogens with zero attached hydrogens (tertiary/aromatic N) is 2. The third kappa shape index (κ3) is 2.34. The Bertz CT molecular complexity index is 227. The summed E-state index contributed by atoms with van der Waals surface area (Å²) in [5.74, 6) is 0.157. The van der Waals surface area contributed by atoms with Crippen LogP contribution in [0.3, 0.4) is 0 Å². The van der Waals surface area contributed by atoms with E-state index in [2.05, 4.69) is 9.99 Å². The van der Waals surface area contributed by atoms with E-state index >= 15 is 0 Å². The van der Waals surface area contributed by atoms with Crippen LogP contribution >= 0.6 is 0 Å². The second-order valence-electron chi connectivity index (χ2n) is 3.14. The van der Waals surface area contributed by atoms with Gasteiger partial charge in [0.25, 0.3) is 0 Å². The Hall–Kier alpha value is -1.26. The number of carboxylic acid groups (broad SMARTS) is 1. The molecule has 0 bridgehead atoms. The Morgan fingerprint density at radius 1 is 1.77 bits per heavy atom. The second kappa shape index (κ2) is 4.11. The first kappa shape index (κ1) is 9.83. The highest BCUT2D eigenvalue weighted by Crippen LogP contribution is 2.13. The zero-order valence-corrected chi connectivity index (χ0v) is 7.86. The molecule has 0 aromatic rings. The number of hydrogen-bond donors (Lipinski definition) is 1. The van der Waals surface area contributed by atoms with Crippen LogP contribution in [0.15, 0.2) is 5.16 Å². The van der Waals surface area contributed by atoms with Gasteiger partial charge in [-0.05, 0) is 0 Å². The Labute approximate surface area is 77.0 Å². The van der Waals surface area contributed by atoms with Gasteiger partial charge in [-0.15, -0.1) is 0 Å². The topological polar surface area (TPSA) is 62.1 Å². The smallest absolute Gasteiger partial charge is 0.407 e. The van der Waals surface area contributed by atoms with Crippen LogP contribution in [0.5, 0.6) is 0 Å². The summed E-state index contributed by atoms with van der Waals surface area (Å²) in [6.45, 7) is 2.98. The Kier molecular flexibility index (Phi) is 3.11. The number of amides is 1. The van der Waals surface area contributed by atoms with Gasteiger partial charge in [0.05, 0.1) is 5.71 Å². The molecule has 1 saturated heterocycles. The summed E-state index contributed by atoms with van der Waals surface area (Å²) < 4.78 is 0. The summed E-state index contributed by atoms with van der Waals surface area (Å²) in [4.78, 5) is 16.7. The molecular weight excluding hydrogens is 172 g/mol. The predicted octanol–water partition coefficient (Wildman–Crippen LogP) is 1.01.